The number of hydrogen-bond acceptors (Lipinski definition) is 5. The number of aliphatic hydroxyl groups is 1. The monoisotopic (exact) mass is 558 g/mol. The summed E-state index contributed by atoms with van der Waals surface area (Å²) in [5.74, 6) is 2.31. The fourth-order valence-electron chi connectivity index (χ4n) is 9.33. The molecular formula is C36H50N2O3. The smallest absolute Gasteiger partial charge is 0.165 e. The van der Waals surface area contributed by atoms with Gasteiger partial charge in [-0.25, -0.2) is 0 Å². The Balaban J connectivity index is 1.11. The molecule has 0 unspecified atom stereocenters. The van der Waals surface area contributed by atoms with E-state index in [2.05, 4.69) is 60.0 Å². The SMILES string of the molecule is CC(C)CN(CCCCCCc1ccccc1)[C@@H]1CC[C@@]2(O)[C@@H]3Cc4ccc(O)c5c4[C@@]2(CCN3CC2CC2)[C@H]1O5. The van der Waals surface area contributed by atoms with E-state index in [0.717, 1.165) is 63.3 Å². The Labute approximate surface area is 246 Å². The van der Waals surface area contributed by atoms with E-state index in [4.69, 9.17) is 4.74 Å². The largest absolute Gasteiger partial charge is 0.504 e. The van der Waals surface area contributed by atoms with Crippen LogP contribution in [0, 0.1) is 11.8 Å². The van der Waals surface area contributed by atoms with E-state index in [9.17, 15) is 10.2 Å². The zero-order chi connectivity index (χ0) is 28.2. The van der Waals surface area contributed by atoms with Gasteiger partial charge in [-0.2, -0.15) is 0 Å². The highest BCUT2D eigenvalue weighted by molar-refractivity contribution is 5.62. The van der Waals surface area contributed by atoms with Gasteiger partial charge in [-0.05, 0) is 99.9 Å². The van der Waals surface area contributed by atoms with Crippen molar-refractivity contribution in [3.05, 3.63) is 59.2 Å². The summed E-state index contributed by atoms with van der Waals surface area (Å²) in [6.07, 6.45) is 12.3. The second kappa shape index (κ2) is 10.9. The molecule has 2 aromatic rings. The average Bonchev–Trinajstić information content (AvgIpc) is 3.70. The number of hydrogen-bond donors (Lipinski definition) is 2. The van der Waals surface area contributed by atoms with Gasteiger partial charge in [0.1, 0.15) is 6.10 Å². The van der Waals surface area contributed by atoms with Gasteiger partial charge in [-0.15, -0.1) is 0 Å². The van der Waals surface area contributed by atoms with Crippen LogP contribution in [0.3, 0.4) is 0 Å². The Morgan fingerprint density at radius 1 is 1.00 bits per heavy atom. The van der Waals surface area contributed by atoms with E-state index in [-0.39, 0.29) is 23.9 Å². The normalized spacial score (nSPS) is 31.9. The lowest BCUT2D eigenvalue weighted by Gasteiger charge is -2.65. The van der Waals surface area contributed by atoms with Crippen molar-refractivity contribution < 1.29 is 14.9 Å². The van der Waals surface area contributed by atoms with Gasteiger partial charge in [0.15, 0.2) is 11.5 Å². The maximum Gasteiger partial charge on any atom is 0.165 e. The molecule has 2 saturated carbocycles. The summed E-state index contributed by atoms with van der Waals surface area (Å²) >= 11 is 0. The molecule has 3 aliphatic carbocycles. The second-order valence-corrected chi connectivity index (χ2v) is 14.4. The van der Waals surface area contributed by atoms with Crippen molar-refractivity contribution in [1.29, 1.82) is 0 Å². The van der Waals surface area contributed by atoms with Crippen molar-refractivity contribution in [3.63, 3.8) is 0 Å². The topological polar surface area (TPSA) is 56.2 Å². The molecule has 2 heterocycles. The minimum Gasteiger partial charge on any atom is -0.504 e. The number of nitrogens with zero attached hydrogens (tertiary/aromatic N) is 2. The van der Waals surface area contributed by atoms with E-state index in [0.29, 0.717) is 11.7 Å². The number of unbranched alkanes of at least 4 members (excludes halogenated alkanes) is 3. The van der Waals surface area contributed by atoms with Gasteiger partial charge >= 0.3 is 0 Å². The standard InChI is InChI=1S/C36H50N2O3/c1-25(2)23-37(20-9-4-3-6-10-26-11-7-5-8-12-26)29-17-18-36(40)31-22-28-15-16-30(39)33-32(28)35(36,34(29)41-33)19-21-38(31)24-27-13-14-27/h5,7-8,11-12,15-16,25,27,29,31,34,39-40H,3-4,6,9-10,13-14,17-24H2,1-2H3/t29-,31+,34+,35+,36-/m1/s1. The van der Waals surface area contributed by atoms with Crippen LogP contribution >= 0.6 is 0 Å². The highest BCUT2D eigenvalue weighted by Gasteiger charge is 2.73. The number of rotatable bonds is 12. The summed E-state index contributed by atoms with van der Waals surface area (Å²) in [5.41, 5.74) is 2.67. The molecule has 2 bridgehead atoms. The van der Waals surface area contributed by atoms with Crippen LogP contribution in [0.2, 0.25) is 0 Å². The summed E-state index contributed by atoms with van der Waals surface area (Å²) in [4.78, 5) is 5.35. The first-order chi connectivity index (χ1) is 19.9. The fraction of sp³-hybridized carbons (Fsp3) is 0.667. The highest BCUT2D eigenvalue weighted by atomic mass is 16.5. The molecule has 0 aromatic heterocycles. The molecule has 0 radical (unpaired) electrons. The predicted octanol–water partition coefficient (Wildman–Crippen LogP) is 6.09. The lowest BCUT2D eigenvalue weighted by atomic mass is 9.48. The van der Waals surface area contributed by atoms with Crippen LogP contribution in [0.1, 0.15) is 88.3 Å². The van der Waals surface area contributed by atoms with Gasteiger partial charge in [-0.3, -0.25) is 9.80 Å². The predicted molar refractivity (Wildman–Crippen MR) is 164 cm³/mol. The summed E-state index contributed by atoms with van der Waals surface area (Å²) in [7, 11) is 0. The third-order valence-electron chi connectivity index (χ3n) is 11.3. The molecule has 5 nitrogen and oxygen atoms in total. The molecule has 2 aliphatic heterocycles. The minimum atomic E-state index is -0.797. The molecule has 5 atom stereocenters. The van der Waals surface area contributed by atoms with E-state index < -0.39 is 11.0 Å². The number of aromatic hydroxyl groups is 1. The fourth-order valence-corrected chi connectivity index (χ4v) is 9.33. The number of aryl methyl sites for hydroxylation is 1. The molecule has 2 aromatic carbocycles. The van der Waals surface area contributed by atoms with Crippen molar-refractivity contribution in [3.8, 4) is 11.5 Å². The van der Waals surface area contributed by atoms with Crippen LogP contribution in [0.5, 0.6) is 11.5 Å². The lowest BCUT2D eigenvalue weighted by Crippen LogP contribution is -2.78. The van der Waals surface area contributed by atoms with Gasteiger partial charge in [-0.1, -0.05) is 63.1 Å². The van der Waals surface area contributed by atoms with Crippen LogP contribution in [0.15, 0.2) is 42.5 Å². The number of benzene rings is 2. The lowest BCUT2D eigenvalue weighted by molar-refractivity contribution is -0.201. The van der Waals surface area contributed by atoms with Crippen LogP contribution in [0.4, 0.5) is 0 Å². The third-order valence-corrected chi connectivity index (χ3v) is 11.3. The molecule has 1 saturated heterocycles. The van der Waals surface area contributed by atoms with Gasteiger partial charge in [0.2, 0.25) is 0 Å². The molecule has 5 heteroatoms. The molecule has 222 valence electrons. The first kappa shape index (κ1) is 27.7. The number of phenols is 1. The van der Waals surface area contributed by atoms with E-state index >= 15 is 0 Å². The van der Waals surface area contributed by atoms with Crippen molar-refractivity contribution in [1.82, 2.24) is 9.80 Å². The zero-order valence-electron chi connectivity index (χ0n) is 25.2. The van der Waals surface area contributed by atoms with E-state index in [1.807, 2.05) is 6.07 Å². The first-order valence-corrected chi connectivity index (χ1v) is 16.7. The minimum absolute atomic E-state index is 0.106. The Bertz CT molecular complexity index is 1230. The van der Waals surface area contributed by atoms with Crippen LogP contribution in [-0.2, 0) is 18.3 Å². The summed E-state index contributed by atoms with van der Waals surface area (Å²) < 4.78 is 6.90. The molecule has 1 spiro atoms. The molecular weight excluding hydrogens is 508 g/mol. The van der Waals surface area contributed by atoms with E-state index in [1.165, 1.54) is 56.1 Å². The highest BCUT2D eigenvalue weighted by Crippen LogP contribution is 2.66. The summed E-state index contributed by atoms with van der Waals surface area (Å²) in [6.45, 7) is 8.93. The maximum absolute atomic E-state index is 12.8. The van der Waals surface area contributed by atoms with Gasteiger partial charge in [0.25, 0.3) is 0 Å². The molecule has 2 N–H and O–H groups in total. The summed E-state index contributed by atoms with van der Waals surface area (Å²) in [5, 5.41) is 23.8. The third kappa shape index (κ3) is 4.71. The molecule has 3 fully saturated rings. The number of ether oxygens (including phenoxy) is 1. The van der Waals surface area contributed by atoms with Crippen LogP contribution in [-0.4, -0.2) is 70.0 Å². The van der Waals surface area contributed by atoms with Gasteiger partial charge in [0.05, 0.1) is 11.0 Å². The number of phenolic OH excluding ortho intramolecular Hbond substituents is 1. The molecule has 41 heavy (non-hydrogen) atoms. The van der Waals surface area contributed by atoms with Gasteiger partial charge < -0.3 is 14.9 Å². The number of likely N-dealkylation sites (tertiary alicyclic amines) is 1. The van der Waals surface area contributed by atoms with Crippen molar-refractivity contribution in [2.45, 2.75) is 114 Å². The number of piperidine rings is 1. The zero-order valence-corrected chi connectivity index (χ0v) is 25.2. The first-order valence-electron chi connectivity index (χ1n) is 16.7. The van der Waals surface area contributed by atoms with Crippen molar-refractivity contribution in [2.24, 2.45) is 11.8 Å². The molecule has 0 amide bonds. The average molecular weight is 559 g/mol. The van der Waals surface area contributed by atoms with E-state index in [1.54, 1.807) is 0 Å². The quantitative estimate of drug-likeness (QED) is 0.309. The Kier molecular flexibility index (Phi) is 7.36. The van der Waals surface area contributed by atoms with Crippen LogP contribution in [0.25, 0.3) is 0 Å². The second-order valence-electron chi connectivity index (χ2n) is 14.4. The summed E-state index contributed by atoms with van der Waals surface area (Å²) in [6, 6.07) is 15.2. The Hall–Kier alpha value is -2.08. The maximum atomic E-state index is 12.8. The van der Waals surface area contributed by atoms with Crippen molar-refractivity contribution >= 4 is 0 Å². The molecule has 5 aliphatic rings. The Morgan fingerprint density at radius 3 is 2.59 bits per heavy atom. The Morgan fingerprint density at radius 2 is 1.80 bits per heavy atom. The molecule has 7 rings (SSSR count). The van der Waals surface area contributed by atoms with Gasteiger partial charge in [0, 0.05) is 30.7 Å². The van der Waals surface area contributed by atoms with Crippen LogP contribution < -0.4 is 4.74 Å². The van der Waals surface area contributed by atoms with Crippen molar-refractivity contribution in [2.75, 3.05) is 26.2 Å².